The number of aryl methyl sites for hydroxylation is 1. The molecule has 10 heteroatoms. The van der Waals surface area contributed by atoms with Crippen LogP contribution in [0.5, 0.6) is 0 Å². The molecule has 1 aliphatic heterocycles. The molecular weight excluding hydrogens is 432 g/mol. The van der Waals surface area contributed by atoms with E-state index in [1.807, 2.05) is 0 Å². The summed E-state index contributed by atoms with van der Waals surface area (Å²) in [6.45, 7) is 3.02. The third-order valence-corrected chi connectivity index (χ3v) is 5.32. The minimum atomic E-state index is -1.05. The van der Waals surface area contributed by atoms with Crippen LogP contribution in [0, 0.1) is 18.6 Å². The van der Waals surface area contributed by atoms with Crippen molar-refractivity contribution in [2.24, 2.45) is 0 Å². The SMILES string of the molecule is CC(=O)Nc1ccc(N2C(=O)c3cnc4c(c(C)nn4-c4ccc(F)c(F)c4)c3C2=O)cc1. The van der Waals surface area contributed by atoms with Gasteiger partial charge in [0.15, 0.2) is 17.3 Å². The van der Waals surface area contributed by atoms with Gasteiger partial charge in [-0.1, -0.05) is 0 Å². The number of amides is 3. The summed E-state index contributed by atoms with van der Waals surface area (Å²) in [5.41, 5.74) is 1.98. The van der Waals surface area contributed by atoms with Crippen molar-refractivity contribution >= 4 is 40.1 Å². The molecule has 2 aromatic heterocycles. The first kappa shape index (κ1) is 20.4. The largest absolute Gasteiger partial charge is 0.326 e. The molecule has 0 spiro atoms. The van der Waals surface area contributed by atoms with Crippen molar-refractivity contribution in [3.8, 4) is 5.69 Å². The lowest BCUT2D eigenvalue weighted by molar-refractivity contribution is -0.114. The van der Waals surface area contributed by atoms with Gasteiger partial charge in [-0.15, -0.1) is 0 Å². The van der Waals surface area contributed by atoms with E-state index in [1.165, 1.54) is 23.9 Å². The van der Waals surface area contributed by atoms with Crippen molar-refractivity contribution in [3.05, 3.63) is 77.1 Å². The van der Waals surface area contributed by atoms with Crippen LogP contribution in [0.15, 0.2) is 48.7 Å². The monoisotopic (exact) mass is 447 g/mol. The van der Waals surface area contributed by atoms with Gasteiger partial charge in [-0.3, -0.25) is 14.4 Å². The first-order valence-electron chi connectivity index (χ1n) is 9.86. The van der Waals surface area contributed by atoms with Crippen LogP contribution >= 0.6 is 0 Å². The molecule has 164 valence electrons. The Bertz CT molecular complexity index is 1490. The average molecular weight is 447 g/mol. The predicted molar refractivity (Wildman–Crippen MR) is 115 cm³/mol. The number of hydrogen-bond acceptors (Lipinski definition) is 5. The van der Waals surface area contributed by atoms with E-state index in [0.29, 0.717) is 22.5 Å². The van der Waals surface area contributed by atoms with Gasteiger partial charge in [0.1, 0.15) is 0 Å². The van der Waals surface area contributed by atoms with E-state index in [9.17, 15) is 23.2 Å². The van der Waals surface area contributed by atoms with Crippen molar-refractivity contribution in [1.82, 2.24) is 14.8 Å². The fraction of sp³-hybridized carbons (Fsp3) is 0.0870. The number of rotatable bonds is 3. The number of anilines is 2. The minimum Gasteiger partial charge on any atom is -0.326 e. The van der Waals surface area contributed by atoms with Gasteiger partial charge >= 0.3 is 0 Å². The summed E-state index contributed by atoms with van der Waals surface area (Å²) in [5, 5.41) is 7.32. The van der Waals surface area contributed by atoms with Gasteiger partial charge in [0.05, 0.1) is 33.6 Å². The van der Waals surface area contributed by atoms with Gasteiger partial charge in [-0.2, -0.15) is 5.10 Å². The molecule has 0 fully saturated rings. The first-order valence-corrected chi connectivity index (χ1v) is 9.86. The maximum Gasteiger partial charge on any atom is 0.267 e. The Labute approximate surface area is 185 Å². The standard InChI is InChI=1S/C23H15F2N5O3/c1-11-19-20-16(10-26-21(19)30(28-11)15-7-8-17(24)18(25)9-15)22(32)29(23(20)33)14-5-3-13(4-6-14)27-12(2)31/h3-10H,1-2H3,(H,27,31). The quantitative estimate of drug-likeness (QED) is 0.483. The zero-order valence-electron chi connectivity index (χ0n) is 17.4. The number of halogens is 2. The van der Waals surface area contributed by atoms with E-state index in [4.69, 9.17) is 0 Å². The summed E-state index contributed by atoms with van der Waals surface area (Å²) < 4.78 is 28.4. The zero-order valence-corrected chi connectivity index (χ0v) is 17.4. The van der Waals surface area contributed by atoms with E-state index in [-0.39, 0.29) is 28.4 Å². The van der Waals surface area contributed by atoms with E-state index in [0.717, 1.165) is 17.0 Å². The lowest BCUT2D eigenvalue weighted by Crippen LogP contribution is -2.29. The van der Waals surface area contributed by atoms with Gasteiger partial charge in [-0.25, -0.2) is 23.3 Å². The number of fused-ring (bicyclic) bond motifs is 3. The predicted octanol–water partition coefficient (Wildman–Crippen LogP) is 3.77. The van der Waals surface area contributed by atoms with Crippen molar-refractivity contribution in [2.75, 3.05) is 10.2 Å². The Morgan fingerprint density at radius 2 is 1.67 bits per heavy atom. The molecule has 8 nitrogen and oxygen atoms in total. The van der Waals surface area contributed by atoms with E-state index in [2.05, 4.69) is 15.4 Å². The number of imide groups is 1. The maximum atomic E-state index is 13.8. The molecule has 0 atom stereocenters. The van der Waals surface area contributed by atoms with Crippen LogP contribution in [-0.2, 0) is 4.79 Å². The summed E-state index contributed by atoms with van der Waals surface area (Å²) in [5.74, 6) is -3.39. The highest BCUT2D eigenvalue weighted by atomic mass is 19.2. The molecule has 0 saturated heterocycles. The highest BCUT2D eigenvalue weighted by Crippen LogP contribution is 2.35. The third kappa shape index (κ3) is 3.15. The average Bonchev–Trinajstić information content (AvgIpc) is 3.24. The molecule has 1 aliphatic rings. The molecule has 4 aromatic rings. The van der Waals surface area contributed by atoms with Crippen molar-refractivity contribution in [3.63, 3.8) is 0 Å². The summed E-state index contributed by atoms with van der Waals surface area (Å²) in [6.07, 6.45) is 1.28. The number of aromatic nitrogens is 3. The molecule has 5 rings (SSSR count). The molecule has 33 heavy (non-hydrogen) atoms. The second kappa shape index (κ2) is 7.30. The number of nitrogens with one attached hydrogen (secondary N) is 1. The van der Waals surface area contributed by atoms with Gasteiger partial charge in [0.25, 0.3) is 11.8 Å². The molecule has 2 aromatic carbocycles. The first-order chi connectivity index (χ1) is 15.8. The van der Waals surface area contributed by atoms with Crippen molar-refractivity contribution in [2.45, 2.75) is 13.8 Å². The second-order valence-electron chi connectivity index (χ2n) is 7.51. The number of nitrogens with zero attached hydrogens (tertiary/aromatic N) is 4. The number of pyridine rings is 1. The maximum absolute atomic E-state index is 13.8. The molecule has 0 radical (unpaired) electrons. The number of benzene rings is 2. The smallest absolute Gasteiger partial charge is 0.267 e. The summed E-state index contributed by atoms with van der Waals surface area (Å²) in [4.78, 5) is 42.9. The molecule has 1 N–H and O–H groups in total. The van der Waals surface area contributed by atoms with Crippen LogP contribution in [0.4, 0.5) is 20.2 Å². The minimum absolute atomic E-state index is 0.117. The molecule has 0 saturated carbocycles. The topological polar surface area (TPSA) is 97.2 Å². The van der Waals surface area contributed by atoms with E-state index in [1.54, 1.807) is 31.2 Å². The van der Waals surface area contributed by atoms with Crippen LogP contribution in [0.3, 0.4) is 0 Å². The normalized spacial score (nSPS) is 13.0. The number of carbonyl (C=O) groups is 3. The Hall–Kier alpha value is -4.47. The van der Waals surface area contributed by atoms with Crippen molar-refractivity contribution in [1.29, 1.82) is 0 Å². The van der Waals surface area contributed by atoms with Crippen LogP contribution in [-0.4, -0.2) is 32.5 Å². The fourth-order valence-electron chi connectivity index (χ4n) is 3.89. The fourth-order valence-corrected chi connectivity index (χ4v) is 3.89. The van der Waals surface area contributed by atoms with Crippen LogP contribution in [0.2, 0.25) is 0 Å². The molecule has 0 bridgehead atoms. The number of carbonyl (C=O) groups excluding carboxylic acids is 3. The zero-order chi connectivity index (χ0) is 23.4. The number of hydrogen-bond donors (Lipinski definition) is 1. The highest BCUT2D eigenvalue weighted by molar-refractivity contribution is 6.37. The van der Waals surface area contributed by atoms with Gasteiger partial charge in [0.2, 0.25) is 5.91 Å². The second-order valence-corrected chi connectivity index (χ2v) is 7.51. The molecule has 0 aliphatic carbocycles. The van der Waals surface area contributed by atoms with Crippen molar-refractivity contribution < 1.29 is 23.2 Å². The Morgan fingerprint density at radius 1 is 0.970 bits per heavy atom. The summed E-state index contributed by atoms with van der Waals surface area (Å²) >= 11 is 0. The Kier molecular flexibility index (Phi) is 4.52. The Balaban J connectivity index is 1.61. The van der Waals surface area contributed by atoms with Crippen LogP contribution in [0.25, 0.3) is 16.7 Å². The van der Waals surface area contributed by atoms with Crippen LogP contribution < -0.4 is 10.2 Å². The molecule has 3 heterocycles. The van der Waals surface area contributed by atoms with Gasteiger partial charge < -0.3 is 5.32 Å². The third-order valence-electron chi connectivity index (χ3n) is 5.32. The van der Waals surface area contributed by atoms with Gasteiger partial charge in [-0.05, 0) is 43.3 Å². The lowest BCUT2D eigenvalue weighted by Gasteiger charge is -2.14. The molecular formula is C23H15F2N5O3. The molecule has 0 unspecified atom stereocenters. The molecule has 3 amide bonds. The summed E-state index contributed by atoms with van der Waals surface area (Å²) in [6, 6.07) is 9.56. The summed E-state index contributed by atoms with van der Waals surface area (Å²) in [7, 11) is 0. The van der Waals surface area contributed by atoms with E-state index >= 15 is 0 Å². The van der Waals surface area contributed by atoms with Gasteiger partial charge in [0, 0.05) is 24.9 Å². The highest BCUT2D eigenvalue weighted by Gasteiger charge is 2.40. The lowest BCUT2D eigenvalue weighted by atomic mass is 10.1. The van der Waals surface area contributed by atoms with Crippen LogP contribution in [0.1, 0.15) is 33.3 Å². The Morgan fingerprint density at radius 3 is 2.33 bits per heavy atom. The van der Waals surface area contributed by atoms with E-state index < -0.39 is 23.4 Å².